The Morgan fingerprint density at radius 1 is 0.212 bits per heavy atom. The van der Waals surface area contributed by atoms with Gasteiger partial charge in [-0.1, -0.05) is 361 Å². The standard InChI is InChI=1S/C96H97BN2/c1-91(2,3)71-46-35-64(36-47-71)76-31-25-32-77(65-37-48-72(49-38-65)92(4,5)6)89(76)98-84-56-45-69(62-27-21-19-22-28-62)57-82(84)97-83-60-80(68-43-54-75(55-44-68)95(13,14)15)81(96(16,17)18)61-85(83)99(87-59-70(58-86(98)88(87)97)63-29-23-20-24-30-63)90-78(66-39-50-73(51-40-66)93(7,8)9)33-26-34-79(90)67-41-52-74(53-42-67)94(10,11)12/h19-61H,1-18H3. The fourth-order valence-electron chi connectivity index (χ4n) is 15.2. The predicted molar refractivity (Wildman–Crippen MR) is 431 cm³/mol. The number of hydrogen-bond donors (Lipinski definition) is 0. The lowest BCUT2D eigenvalue weighted by Gasteiger charge is -2.46. The Hall–Kier alpha value is -9.70. The lowest BCUT2D eigenvalue weighted by atomic mass is 9.33. The molecule has 0 bridgehead atoms. The van der Waals surface area contributed by atoms with Gasteiger partial charge in [-0.25, -0.2) is 0 Å². The normalized spacial score (nSPS) is 13.3. The smallest absolute Gasteiger partial charge is 0.252 e. The van der Waals surface area contributed by atoms with Crippen LogP contribution in [0.25, 0.3) is 77.9 Å². The summed E-state index contributed by atoms with van der Waals surface area (Å²) in [4.78, 5) is 5.44. The lowest BCUT2D eigenvalue weighted by Crippen LogP contribution is -2.61. The van der Waals surface area contributed by atoms with Crippen LogP contribution in [0.3, 0.4) is 0 Å². The largest absolute Gasteiger partial charge is 0.310 e. The average Bonchev–Trinajstić information content (AvgIpc) is 0.686. The minimum Gasteiger partial charge on any atom is -0.310 e. The molecule has 14 rings (SSSR count). The van der Waals surface area contributed by atoms with Crippen LogP contribution in [0.2, 0.25) is 0 Å². The van der Waals surface area contributed by atoms with Crippen molar-refractivity contribution in [2.45, 2.75) is 157 Å². The Balaban J connectivity index is 1.18. The molecule has 2 aliphatic rings. The Morgan fingerprint density at radius 2 is 0.515 bits per heavy atom. The van der Waals surface area contributed by atoms with E-state index in [9.17, 15) is 0 Å². The maximum atomic E-state index is 2.74. The number of hydrogen-bond acceptors (Lipinski definition) is 2. The highest BCUT2D eigenvalue weighted by Gasteiger charge is 2.47. The molecule has 0 atom stereocenters. The first kappa shape index (κ1) is 66.5. The molecular weight excluding hydrogens is 1190 g/mol. The third-order valence-electron chi connectivity index (χ3n) is 21.1. The number of anilines is 6. The van der Waals surface area contributed by atoms with Crippen molar-refractivity contribution in [1.29, 1.82) is 0 Å². The van der Waals surface area contributed by atoms with Gasteiger partial charge in [0.25, 0.3) is 6.71 Å². The highest BCUT2D eigenvalue weighted by Crippen LogP contribution is 2.55. The van der Waals surface area contributed by atoms with E-state index in [0.717, 1.165) is 50.7 Å². The number of rotatable bonds is 9. The van der Waals surface area contributed by atoms with Gasteiger partial charge in [0.1, 0.15) is 0 Å². The molecule has 12 aromatic carbocycles. The van der Waals surface area contributed by atoms with Crippen molar-refractivity contribution in [2.24, 2.45) is 0 Å². The van der Waals surface area contributed by atoms with Crippen molar-refractivity contribution < 1.29 is 0 Å². The zero-order valence-corrected chi connectivity index (χ0v) is 61.8. The fraction of sp³-hybridized carbons (Fsp3) is 0.250. The molecule has 2 aliphatic heterocycles. The van der Waals surface area contributed by atoms with E-state index in [1.54, 1.807) is 0 Å². The van der Waals surface area contributed by atoms with Gasteiger partial charge in [0.15, 0.2) is 0 Å². The Bertz CT molecular complexity index is 4840. The molecule has 0 saturated heterocycles. The molecule has 2 heterocycles. The second-order valence-electron chi connectivity index (χ2n) is 34.3. The van der Waals surface area contributed by atoms with E-state index >= 15 is 0 Å². The van der Waals surface area contributed by atoms with Crippen LogP contribution in [0.15, 0.2) is 261 Å². The summed E-state index contributed by atoms with van der Waals surface area (Å²) >= 11 is 0. The highest BCUT2D eigenvalue weighted by molar-refractivity contribution is 7.00. The van der Waals surface area contributed by atoms with Crippen molar-refractivity contribution >= 4 is 57.2 Å². The van der Waals surface area contributed by atoms with Gasteiger partial charge in [-0.05, 0) is 162 Å². The topological polar surface area (TPSA) is 6.48 Å². The van der Waals surface area contributed by atoms with Crippen LogP contribution in [0, 0.1) is 0 Å². The first-order valence-corrected chi connectivity index (χ1v) is 35.9. The van der Waals surface area contributed by atoms with Crippen molar-refractivity contribution in [3.05, 3.63) is 294 Å². The third kappa shape index (κ3) is 12.5. The first-order valence-electron chi connectivity index (χ1n) is 35.9. The van der Waals surface area contributed by atoms with Crippen LogP contribution in [0.1, 0.15) is 158 Å². The summed E-state index contributed by atoms with van der Waals surface area (Å²) in [7, 11) is 0. The van der Waals surface area contributed by atoms with Gasteiger partial charge in [0.2, 0.25) is 0 Å². The minimum atomic E-state index is -0.276. The molecule has 0 aromatic heterocycles. The van der Waals surface area contributed by atoms with E-state index in [0.29, 0.717) is 0 Å². The molecule has 99 heavy (non-hydrogen) atoms. The molecule has 0 spiro atoms. The summed E-state index contributed by atoms with van der Waals surface area (Å²) in [5.74, 6) is 0. The van der Waals surface area contributed by atoms with Gasteiger partial charge in [-0.15, -0.1) is 0 Å². The maximum absolute atomic E-state index is 2.74. The van der Waals surface area contributed by atoms with E-state index < -0.39 is 0 Å². The van der Waals surface area contributed by atoms with Crippen molar-refractivity contribution in [3.8, 4) is 77.9 Å². The Morgan fingerprint density at radius 3 is 0.848 bits per heavy atom. The summed E-state index contributed by atoms with van der Waals surface area (Å²) < 4.78 is 0. The lowest BCUT2D eigenvalue weighted by molar-refractivity contribution is 0.589. The molecule has 0 radical (unpaired) electrons. The van der Waals surface area contributed by atoms with E-state index in [4.69, 9.17) is 0 Å². The monoisotopic (exact) mass is 1290 g/mol. The SMILES string of the molecule is CC(C)(C)c1ccc(-c2cc3c(cc2C(C)(C)C)N(c2c(-c4ccc(C(C)(C)C)cc4)cccc2-c2ccc(C(C)(C)C)cc2)c2cc(-c4ccccc4)cc4c2B3c2cc(-c3ccccc3)ccc2N4c2c(-c3ccc(C(C)(C)C)cc3)cccc2-c2ccc(C(C)(C)C)cc2)cc1. The zero-order chi connectivity index (χ0) is 69.9. The zero-order valence-electron chi connectivity index (χ0n) is 61.8. The third-order valence-corrected chi connectivity index (χ3v) is 21.1. The van der Waals surface area contributed by atoms with Gasteiger partial charge in [-0.2, -0.15) is 0 Å². The van der Waals surface area contributed by atoms with Crippen molar-refractivity contribution in [2.75, 3.05) is 9.80 Å². The molecule has 0 unspecified atom stereocenters. The van der Waals surface area contributed by atoms with Gasteiger partial charge in [0, 0.05) is 45.0 Å². The molecule has 0 N–H and O–H groups in total. The quantitative estimate of drug-likeness (QED) is 0.133. The average molecular weight is 1290 g/mol. The first-order chi connectivity index (χ1) is 46.9. The Kier molecular flexibility index (Phi) is 16.6. The highest BCUT2D eigenvalue weighted by atomic mass is 15.2. The van der Waals surface area contributed by atoms with Crippen LogP contribution in [-0.4, -0.2) is 6.71 Å². The van der Waals surface area contributed by atoms with E-state index in [1.165, 1.54) is 111 Å². The maximum Gasteiger partial charge on any atom is 0.252 e. The summed E-state index contributed by atoms with van der Waals surface area (Å²) in [6, 6.07) is 101. The molecule has 0 amide bonds. The number of fused-ring (bicyclic) bond motifs is 4. The second-order valence-corrected chi connectivity index (χ2v) is 34.3. The number of nitrogens with zero attached hydrogens (tertiary/aromatic N) is 2. The number of para-hydroxylation sites is 2. The molecule has 12 aromatic rings. The molecular formula is C96H97BN2. The molecule has 2 nitrogen and oxygen atoms in total. The second kappa shape index (κ2) is 24.6. The predicted octanol–water partition coefficient (Wildman–Crippen LogP) is 25.2. The Labute approximate surface area is 592 Å². The molecule has 0 fully saturated rings. The van der Waals surface area contributed by atoms with Gasteiger partial charge in [0.05, 0.1) is 11.4 Å². The van der Waals surface area contributed by atoms with E-state index in [1.807, 2.05) is 0 Å². The fourth-order valence-corrected chi connectivity index (χ4v) is 15.2. The summed E-state index contributed by atoms with van der Waals surface area (Å²) in [6.45, 7) is 41.7. The van der Waals surface area contributed by atoms with E-state index in [2.05, 4.69) is 395 Å². The van der Waals surface area contributed by atoms with Crippen LogP contribution < -0.4 is 26.2 Å². The van der Waals surface area contributed by atoms with Crippen LogP contribution in [-0.2, 0) is 32.5 Å². The van der Waals surface area contributed by atoms with Gasteiger partial charge in [-0.3, -0.25) is 0 Å². The molecule has 0 saturated carbocycles. The number of benzene rings is 12. The van der Waals surface area contributed by atoms with Crippen molar-refractivity contribution in [3.63, 3.8) is 0 Å². The van der Waals surface area contributed by atoms with Crippen LogP contribution in [0.4, 0.5) is 34.1 Å². The molecule has 0 aliphatic carbocycles. The summed E-state index contributed by atoms with van der Waals surface area (Å²) in [5.41, 5.74) is 34.6. The minimum absolute atomic E-state index is 0.00985. The van der Waals surface area contributed by atoms with Gasteiger partial charge >= 0.3 is 0 Å². The molecule has 494 valence electrons. The van der Waals surface area contributed by atoms with Gasteiger partial charge < -0.3 is 9.80 Å². The van der Waals surface area contributed by atoms with Crippen molar-refractivity contribution in [1.82, 2.24) is 0 Å². The summed E-state index contributed by atoms with van der Waals surface area (Å²) in [5, 5.41) is 0. The molecule has 3 heteroatoms. The van der Waals surface area contributed by atoms with Crippen LogP contribution >= 0.6 is 0 Å². The summed E-state index contributed by atoms with van der Waals surface area (Å²) in [6.07, 6.45) is 0. The van der Waals surface area contributed by atoms with E-state index in [-0.39, 0.29) is 39.2 Å². The van der Waals surface area contributed by atoms with Crippen LogP contribution in [0.5, 0.6) is 0 Å².